The lowest BCUT2D eigenvalue weighted by molar-refractivity contribution is 0.0683. The Bertz CT molecular complexity index is 896. The fourth-order valence-electron chi connectivity index (χ4n) is 5.48. The third-order valence-corrected chi connectivity index (χ3v) is 7.03. The predicted octanol–water partition coefficient (Wildman–Crippen LogP) is 3.76. The van der Waals surface area contributed by atoms with Crippen LogP contribution in [0.2, 0.25) is 0 Å². The molecule has 2 aromatic rings. The SMILES string of the molecule is Cc1ccccc1-n1nc(C(=O)N2CCCC2CN2CCCCC2)c2c1CCC2. The van der Waals surface area contributed by atoms with E-state index in [-0.39, 0.29) is 5.91 Å². The predicted molar refractivity (Wildman–Crippen MR) is 115 cm³/mol. The zero-order valence-corrected chi connectivity index (χ0v) is 17.6. The van der Waals surface area contributed by atoms with Crippen LogP contribution in [0, 0.1) is 6.92 Å². The molecule has 0 spiro atoms. The van der Waals surface area contributed by atoms with E-state index in [4.69, 9.17) is 5.10 Å². The minimum atomic E-state index is 0.162. The molecule has 154 valence electrons. The number of likely N-dealkylation sites (tertiary alicyclic amines) is 2. The van der Waals surface area contributed by atoms with E-state index in [0.29, 0.717) is 11.7 Å². The maximum absolute atomic E-state index is 13.6. The Morgan fingerprint density at radius 1 is 1.03 bits per heavy atom. The number of hydrogen-bond donors (Lipinski definition) is 0. The first-order valence-corrected chi connectivity index (χ1v) is 11.4. The molecule has 1 aliphatic carbocycles. The van der Waals surface area contributed by atoms with Gasteiger partial charge < -0.3 is 9.80 Å². The Morgan fingerprint density at radius 2 is 1.86 bits per heavy atom. The molecule has 2 aliphatic heterocycles. The van der Waals surface area contributed by atoms with E-state index in [1.807, 2.05) is 0 Å². The van der Waals surface area contributed by atoms with Crippen molar-refractivity contribution in [3.05, 3.63) is 46.8 Å². The lowest BCUT2D eigenvalue weighted by Gasteiger charge is -2.32. The Kier molecular flexibility index (Phi) is 5.17. The van der Waals surface area contributed by atoms with Crippen molar-refractivity contribution in [2.45, 2.75) is 64.3 Å². The molecule has 3 heterocycles. The van der Waals surface area contributed by atoms with E-state index in [1.165, 1.54) is 49.2 Å². The number of carbonyl (C=O) groups is 1. The number of nitrogens with zero attached hydrogens (tertiary/aromatic N) is 4. The van der Waals surface area contributed by atoms with E-state index in [0.717, 1.165) is 50.9 Å². The van der Waals surface area contributed by atoms with Gasteiger partial charge in [-0.25, -0.2) is 4.68 Å². The highest BCUT2D eigenvalue weighted by molar-refractivity contribution is 5.94. The average molecular weight is 393 g/mol. The Hall–Kier alpha value is -2.14. The molecular formula is C24H32N4O. The zero-order chi connectivity index (χ0) is 19.8. The average Bonchev–Trinajstić information content (AvgIpc) is 3.46. The van der Waals surface area contributed by atoms with Gasteiger partial charge in [-0.3, -0.25) is 4.79 Å². The summed E-state index contributed by atoms with van der Waals surface area (Å²) in [6, 6.07) is 8.70. The van der Waals surface area contributed by atoms with Crippen LogP contribution in [0.3, 0.4) is 0 Å². The monoisotopic (exact) mass is 392 g/mol. The molecule has 5 nitrogen and oxygen atoms in total. The van der Waals surface area contributed by atoms with Crippen LogP contribution in [0.15, 0.2) is 24.3 Å². The summed E-state index contributed by atoms with van der Waals surface area (Å²) in [5, 5.41) is 4.90. The highest BCUT2D eigenvalue weighted by atomic mass is 16.2. The molecule has 5 rings (SSSR count). The van der Waals surface area contributed by atoms with Crippen LogP contribution < -0.4 is 0 Å². The topological polar surface area (TPSA) is 41.4 Å². The largest absolute Gasteiger partial charge is 0.333 e. The molecule has 0 bridgehead atoms. The summed E-state index contributed by atoms with van der Waals surface area (Å²) in [6.45, 7) is 6.41. The lowest BCUT2D eigenvalue weighted by Crippen LogP contribution is -2.45. The van der Waals surface area contributed by atoms with Gasteiger partial charge in [0, 0.05) is 30.4 Å². The second-order valence-corrected chi connectivity index (χ2v) is 8.98. The van der Waals surface area contributed by atoms with E-state index in [2.05, 4.69) is 45.7 Å². The Balaban J connectivity index is 1.42. The van der Waals surface area contributed by atoms with Gasteiger partial charge in [0.1, 0.15) is 0 Å². The van der Waals surface area contributed by atoms with Crippen molar-refractivity contribution in [2.75, 3.05) is 26.2 Å². The van der Waals surface area contributed by atoms with Gasteiger partial charge in [0.25, 0.3) is 5.91 Å². The smallest absolute Gasteiger partial charge is 0.274 e. The number of amides is 1. The number of fused-ring (bicyclic) bond motifs is 1. The summed E-state index contributed by atoms with van der Waals surface area (Å²) >= 11 is 0. The first-order chi connectivity index (χ1) is 14.2. The molecule has 2 fully saturated rings. The van der Waals surface area contributed by atoms with Gasteiger partial charge in [0.05, 0.1) is 5.69 Å². The molecule has 0 N–H and O–H groups in total. The number of aryl methyl sites for hydroxylation is 1. The Labute approximate surface area is 173 Å². The fourth-order valence-corrected chi connectivity index (χ4v) is 5.48. The molecule has 0 saturated carbocycles. The second-order valence-electron chi connectivity index (χ2n) is 8.98. The number of aromatic nitrogens is 2. The highest BCUT2D eigenvalue weighted by Gasteiger charge is 2.35. The van der Waals surface area contributed by atoms with Crippen molar-refractivity contribution in [1.82, 2.24) is 19.6 Å². The molecule has 2 saturated heterocycles. The third-order valence-electron chi connectivity index (χ3n) is 7.03. The van der Waals surface area contributed by atoms with Gasteiger partial charge in [-0.15, -0.1) is 0 Å². The van der Waals surface area contributed by atoms with Gasteiger partial charge in [0.15, 0.2) is 5.69 Å². The number of benzene rings is 1. The van der Waals surface area contributed by atoms with Crippen LogP contribution in [-0.4, -0.2) is 57.7 Å². The number of para-hydroxylation sites is 1. The Morgan fingerprint density at radius 3 is 2.69 bits per heavy atom. The summed E-state index contributed by atoms with van der Waals surface area (Å²) in [7, 11) is 0. The van der Waals surface area contributed by atoms with Crippen LogP contribution in [0.1, 0.15) is 65.8 Å². The molecule has 29 heavy (non-hydrogen) atoms. The van der Waals surface area contributed by atoms with E-state index >= 15 is 0 Å². The summed E-state index contributed by atoms with van der Waals surface area (Å²) in [6.07, 6.45) is 9.31. The van der Waals surface area contributed by atoms with Crippen molar-refractivity contribution >= 4 is 5.91 Å². The molecule has 0 radical (unpaired) electrons. The molecule has 3 aliphatic rings. The standard InChI is InChI=1S/C24H32N4O/c1-18-9-3-4-12-21(18)28-22-13-7-11-20(22)23(25-28)24(29)27-16-8-10-19(27)17-26-14-5-2-6-15-26/h3-4,9,12,19H,2,5-8,10-11,13-17H2,1H3. The van der Waals surface area contributed by atoms with Crippen LogP contribution in [0.25, 0.3) is 5.69 Å². The molecule has 1 amide bonds. The minimum absolute atomic E-state index is 0.162. The molecule has 1 atom stereocenters. The minimum Gasteiger partial charge on any atom is -0.333 e. The summed E-state index contributed by atoms with van der Waals surface area (Å²) in [5.74, 6) is 0.162. The van der Waals surface area contributed by atoms with Gasteiger partial charge >= 0.3 is 0 Å². The molecular weight excluding hydrogens is 360 g/mol. The molecule has 5 heteroatoms. The van der Waals surface area contributed by atoms with Crippen molar-refractivity contribution in [3.63, 3.8) is 0 Å². The first-order valence-electron chi connectivity index (χ1n) is 11.4. The second kappa shape index (κ2) is 7.94. The summed E-state index contributed by atoms with van der Waals surface area (Å²) < 4.78 is 2.06. The first kappa shape index (κ1) is 18.9. The van der Waals surface area contributed by atoms with Gasteiger partial charge in [0.2, 0.25) is 0 Å². The lowest BCUT2D eigenvalue weighted by atomic mass is 10.1. The fraction of sp³-hybridized carbons (Fsp3) is 0.583. The molecule has 1 aromatic heterocycles. The maximum atomic E-state index is 13.6. The van der Waals surface area contributed by atoms with E-state index in [9.17, 15) is 4.79 Å². The van der Waals surface area contributed by atoms with Gasteiger partial charge in [-0.1, -0.05) is 24.6 Å². The van der Waals surface area contributed by atoms with Gasteiger partial charge in [-0.2, -0.15) is 5.10 Å². The van der Waals surface area contributed by atoms with Crippen LogP contribution in [-0.2, 0) is 12.8 Å². The summed E-state index contributed by atoms with van der Waals surface area (Å²) in [4.78, 5) is 18.3. The molecule has 1 unspecified atom stereocenters. The quantitative estimate of drug-likeness (QED) is 0.796. The number of rotatable bonds is 4. The van der Waals surface area contributed by atoms with E-state index < -0.39 is 0 Å². The molecule has 1 aromatic carbocycles. The normalized spacial score (nSPS) is 22.2. The third kappa shape index (κ3) is 3.50. The summed E-state index contributed by atoms with van der Waals surface area (Å²) in [5.41, 5.74) is 5.46. The van der Waals surface area contributed by atoms with Crippen LogP contribution in [0.5, 0.6) is 0 Å². The number of carbonyl (C=O) groups excluding carboxylic acids is 1. The van der Waals surface area contributed by atoms with Crippen LogP contribution in [0.4, 0.5) is 0 Å². The number of piperidine rings is 1. The van der Waals surface area contributed by atoms with E-state index in [1.54, 1.807) is 0 Å². The van der Waals surface area contributed by atoms with Crippen molar-refractivity contribution in [1.29, 1.82) is 0 Å². The van der Waals surface area contributed by atoms with Crippen molar-refractivity contribution in [3.8, 4) is 5.69 Å². The maximum Gasteiger partial charge on any atom is 0.274 e. The number of hydrogen-bond acceptors (Lipinski definition) is 3. The highest BCUT2D eigenvalue weighted by Crippen LogP contribution is 2.31. The van der Waals surface area contributed by atoms with Crippen LogP contribution >= 0.6 is 0 Å². The van der Waals surface area contributed by atoms with Crippen molar-refractivity contribution < 1.29 is 4.79 Å². The zero-order valence-electron chi connectivity index (χ0n) is 17.6. The van der Waals surface area contributed by atoms with Crippen molar-refractivity contribution in [2.24, 2.45) is 0 Å². The van der Waals surface area contributed by atoms with Gasteiger partial charge in [-0.05, 0) is 76.6 Å².